The fourth-order valence-electron chi connectivity index (χ4n) is 2.79. The Morgan fingerprint density at radius 1 is 1.16 bits per heavy atom. The third-order valence-corrected chi connectivity index (χ3v) is 9.37. The highest BCUT2D eigenvalue weighted by Gasteiger charge is 2.45. The lowest BCUT2D eigenvalue weighted by Gasteiger charge is -2.21. The molecule has 3 heterocycles. The number of rotatable bonds is 8. The smallest absolute Gasteiger partial charge is 0.346 e. The van der Waals surface area contributed by atoms with Gasteiger partial charge in [-0.3, -0.25) is 18.3 Å². The van der Waals surface area contributed by atoms with Gasteiger partial charge in [0.2, 0.25) is 7.57 Å². The lowest BCUT2D eigenvalue weighted by molar-refractivity contribution is -0.0478. The normalized spacial score (nSPS) is 28.4. The molecule has 2 aromatic heterocycles. The Morgan fingerprint density at radius 3 is 2.48 bits per heavy atom. The van der Waals surface area contributed by atoms with E-state index in [4.69, 9.17) is 32.3 Å². The number of nitrogens with zero attached hydrogens (tertiary/aromatic N) is 4. The van der Waals surface area contributed by atoms with Crippen LogP contribution in [0.1, 0.15) is 6.23 Å². The lowest BCUT2D eigenvalue weighted by Crippen LogP contribution is -2.33. The van der Waals surface area contributed by atoms with Crippen molar-refractivity contribution in [3.8, 4) is 0 Å². The number of imidazole rings is 1. The molecule has 7 N–H and O–H groups in total. The first-order chi connectivity index (χ1) is 14.2. The molecule has 1 aliphatic heterocycles. The molecule has 3 rings (SSSR count). The quantitative estimate of drug-likeness (QED) is 0.182. The van der Waals surface area contributed by atoms with Crippen LogP contribution in [0, 0.1) is 0 Å². The van der Waals surface area contributed by atoms with Crippen molar-refractivity contribution >= 4 is 47.2 Å². The van der Waals surface area contributed by atoms with Gasteiger partial charge in [0.15, 0.2) is 23.6 Å². The van der Waals surface area contributed by atoms with Gasteiger partial charge in [0.05, 0.1) is 12.9 Å². The van der Waals surface area contributed by atoms with Crippen molar-refractivity contribution in [1.29, 1.82) is 0 Å². The first-order valence-corrected chi connectivity index (χ1v) is 13.4. The second kappa shape index (κ2) is 8.62. The highest BCUT2D eigenvalue weighted by atomic mass is 31.3. The number of anilines is 1. The average Bonchev–Trinajstić information content (AvgIpc) is 3.13. The van der Waals surface area contributed by atoms with Gasteiger partial charge in [-0.15, -0.1) is 0 Å². The van der Waals surface area contributed by atoms with E-state index < -0.39 is 59.7 Å². The predicted octanol–water partition coefficient (Wildman–Crippen LogP) is -1.34. The maximum Gasteiger partial charge on any atom is 0.346 e. The molecule has 3 unspecified atom stereocenters. The SMILES string of the molecule is [B]P(=O)(OC[C@H]1O[C@@H](n2cnc3c(N)ncnc32)[C@@H](O)C1O)OP(=O)(O)CP(=O)(O)O. The van der Waals surface area contributed by atoms with Crippen LogP contribution in [0.3, 0.4) is 0 Å². The molecule has 0 aliphatic carbocycles. The predicted molar refractivity (Wildman–Crippen MR) is 103 cm³/mol. The van der Waals surface area contributed by atoms with Gasteiger partial charge in [0.1, 0.15) is 30.2 Å². The standard InChI is InChI=1S/C11H17BN5O11P3/c12-31(25,28-30(23,24)4-29(20,21)22)26-1-5-7(18)8(19)11(27-5)17-3-16-6-9(13)14-2-15-10(6)17/h2-3,5,7-8,11,18-19H,1,4H2,(H,23,24)(H2,13,14,15)(H2,20,21,22)/t5-,7?,8+,11-,31?/m1/s1. The van der Waals surface area contributed by atoms with Gasteiger partial charge >= 0.3 is 15.2 Å². The minimum Gasteiger partial charge on any atom is -0.387 e. The number of ether oxygens (including phenoxy) is 1. The van der Waals surface area contributed by atoms with Crippen LogP contribution in [0.4, 0.5) is 5.82 Å². The van der Waals surface area contributed by atoms with E-state index in [-0.39, 0.29) is 17.0 Å². The number of aromatic nitrogens is 4. The lowest BCUT2D eigenvalue weighted by atomic mass is 10.1. The van der Waals surface area contributed by atoms with Crippen LogP contribution in [0.5, 0.6) is 0 Å². The van der Waals surface area contributed by atoms with Crippen molar-refractivity contribution in [3.05, 3.63) is 12.7 Å². The van der Waals surface area contributed by atoms with Gasteiger partial charge in [-0.25, -0.2) is 19.3 Å². The molecule has 1 fully saturated rings. The van der Waals surface area contributed by atoms with Crippen LogP contribution in [0.25, 0.3) is 11.2 Å². The molecular weight excluding hydrogens is 482 g/mol. The second-order valence-corrected chi connectivity index (χ2v) is 12.2. The van der Waals surface area contributed by atoms with Gasteiger partial charge in [0, 0.05) is 0 Å². The van der Waals surface area contributed by atoms with Crippen molar-refractivity contribution in [2.45, 2.75) is 24.5 Å². The number of fused-ring (bicyclic) bond motifs is 1. The number of hydrogen-bond acceptors (Lipinski definition) is 12. The Labute approximate surface area is 175 Å². The molecule has 2 radical (unpaired) electrons. The fraction of sp³-hybridized carbons (Fsp3) is 0.545. The number of nitrogens with two attached hydrogens (primary N) is 1. The summed E-state index contributed by atoms with van der Waals surface area (Å²) in [7, 11) is -9.69. The van der Waals surface area contributed by atoms with Crippen LogP contribution in [0.15, 0.2) is 12.7 Å². The van der Waals surface area contributed by atoms with Gasteiger partial charge in [-0.1, -0.05) is 0 Å². The number of nitrogen functional groups attached to an aromatic ring is 1. The molecule has 0 spiro atoms. The number of aliphatic hydroxyl groups is 2. The minimum absolute atomic E-state index is 0.0710. The molecule has 0 aromatic carbocycles. The van der Waals surface area contributed by atoms with E-state index in [0.717, 1.165) is 6.33 Å². The summed E-state index contributed by atoms with van der Waals surface area (Å²) in [6.07, 6.45) is -3.28. The highest BCUT2D eigenvalue weighted by Crippen LogP contribution is 2.64. The van der Waals surface area contributed by atoms with E-state index in [1.165, 1.54) is 10.9 Å². The summed E-state index contributed by atoms with van der Waals surface area (Å²) in [6, 6.07) is 0. The van der Waals surface area contributed by atoms with Crippen molar-refractivity contribution in [1.82, 2.24) is 19.5 Å². The number of aliphatic hydroxyl groups excluding tert-OH is 2. The molecule has 2 aromatic rings. The van der Waals surface area contributed by atoms with Crippen LogP contribution >= 0.6 is 22.7 Å². The maximum absolute atomic E-state index is 12.1. The van der Waals surface area contributed by atoms with E-state index in [1.807, 2.05) is 0 Å². The van der Waals surface area contributed by atoms with Gasteiger partial charge in [-0.05, 0) is 0 Å². The highest BCUT2D eigenvalue weighted by molar-refractivity contribution is 7.85. The molecule has 6 atom stereocenters. The fourth-order valence-corrected chi connectivity index (χ4v) is 7.29. The van der Waals surface area contributed by atoms with Crippen LogP contribution in [-0.4, -0.2) is 82.8 Å². The van der Waals surface area contributed by atoms with Gasteiger partial charge in [0.25, 0.3) is 7.47 Å². The van der Waals surface area contributed by atoms with Crippen LogP contribution in [-0.2, 0) is 27.3 Å². The zero-order valence-electron chi connectivity index (χ0n) is 15.3. The molecular formula is C11H17BN5O11P3. The van der Waals surface area contributed by atoms with Gasteiger partial charge in [-0.2, -0.15) is 0 Å². The third kappa shape index (κ3) is 5.78. The Bertz CT molecular complexity index is 1110. The zero-order valence-corrected chi connectivity index (χ0v) is 18.0. The van der Waals surface area contributed by atoms with Crippen molar-refractivity contribution in [2.75, 3.05) is 18.2 Å². The molecule has 16 nitrogen and oxygen atoms in total. The second-order valence-electron chi connectivity index (χ2n) is 6.49. The number of hydrogen-bond donors (Lipinski definition) is 6. The molecule has 0 bridgehead atoms. The summed E-state index contributed by atoms with van der Waals surface area (Å²) in [5.74, 6) is -1.56. The summed E-state index contributed by atoms with van der Waals surface area (Å²) >= 11 is 0. The summed E-state index contributed by atoms with van der Waals surface area (Å²) in [5, 5.41) is 20.5. The van der Waals surface area contributed by atoms with Crippen molar-refractivity contribution < 1.29 is 52.2 Å². The summed E-state index contributed by atoms with van der Waals surface area (Å²) in [5.41, 5.74) is 6.10. The van der Waals surface area contributed by atoms with Crippen LogP contribution in [0.2, 0.25) is 0 Å². The zero-order chi connectivity index (χ0) is 23.2. The Balaban J connectivity index is 1.69. The molecule has 170 valence electrons. The third-order valence-electron chi connectivity index (χ3n) is 4.02. The average molecular weight is 499 g/mol. The Morgan fingerprint density at radius 2 is 1.84 bits per heavy atom. The Hall–Kier alpha value is -1.22. The van der Waals surface area contributed by atoms with Gasteiger partial charge < -0.3 is 39.9 Å². The monoisotopic (exact) mass is 499 g/mol. The molecule has 0 saturated carbocycles. The molecule has 1 saturated heterocycles. The maximum atomic E-state index is 12.1. The summed E-state index contributed by atoms with van der Waals surface area (Å²) in [6.45, 7) is -0.776. The van der Waals surface area contributed by atoms with E-state index in [1.54, 1.807) is 0 Å². The van der Waals surface area contributed by atoms with Crippen molar-refractivity contribution in [3.63, 3.8) is 0 Å². The minimum atomic E-state index is -5.08. The van der Waals surface area contributed by atoms with E-state index in [0.29, 0.717) is 0 Å². The molecule has 0 amide bonds. The first-order valence-electron chi connectivity index (χ1n) is 8.24. The first kappa shape index (κ1) is 24.4. The summed E-state index contributed by atoms with van der Waals surface area (Å²) < 4.78 is 50.3. The molecule has 31 heavy (non-hydrogen) atoms. The van der Waals surface area contributed by atoms with Crippen molar-refractivity contribution in [2.24, 2.45) is 0 Å². The molecule has 1 aliphatic rings. The Kier molecular flexibility index (Phi) is 6.79. The van der Waals surface area contributed by atoms with Crippen LogP contribution < -0.4 is 5.73 Å². The largest absolute Gasteiger partial charge is 0.387 e. The molecule has 20 heteroatoms. The topological polar surface area (TPSA) is 250 Å². The van der Waals surface area contributed by atoms with E-state index in [9.17, 15) is 28.8 Å². The summed E-state index contributed by atoms with van der Waals surface area (Å²) in [4.78, 5) is 38.7. The van der Waals surface area contributed by atoms with E-state index in [2.05, 4.69) is 19.3 Å². The van der Waals surface area contributed by atoms with E-state index >= 15 is 0 Å².